The number of amides is 2. The molecule has 1 unspecified atom stereocenters. The molecular weight excluding hydrogens is 311 g/mol. The normalized spacial score (nSPS) is 22.5. The van der Waals surface area contributed by atoms with E-state index in [1.165, 1.54) is 18.9 Å². The van der Waals surface area contributed by atoms with Crippen LogP contribution in [0, 0.1) is 11.7 Å². The zero-order valence-corrected chi connectivity index (χ0v) is 13.6. The lowest BCUT2D eigenvalue weighted by Gasteiger charge is -2.27. The second-order valence-corrected chi connectivity index (χ2v) is 6.78. The number of nitrogens with zero attached hydrogens (tertiary/aromatic N) is 1. The lowest BCUT2D eigenvalue weighted by Crippen LogP contribution is -2.37. The molecule has 1 aromatic carbocycles. The summed E-state index contributed by atoms with van der Waals surface area (Å²) in [6.45, 7) is 0.427. The highest BCUT2D eigenvalue weighted by Gasteiger charge is 2.37. The molecule has 130 valence electrons. The lowest BCUT2D eigenvalue weighted by atomic mass is 10.1. The molecule has 3 rings (SSSR count). The largest absolute Gasteiger partial charge is 0.508 e. The number of benzene rings is 1. The van der Waals surface area contributed by atoms with Crippen LogP contribution in [0.3, 0.4) is 0 Å². The number of rotatable bonds is 3. The molecule has 1 aliphatic heterocycles. The number of carbonyl (C=O) groups is 2. The van der Waals surface area contributed by atoms with Crippen LogP contribution < -0.4 is 5.32 Å². The number of halogens is 1. The van der Waals surface area contributed by atoms with Crippen LogP contribution in [-0.2, 0) is 9.59 Å². The second kappa shape index (κ2) is 7.20. The number of hydrogen-bond acceptors (Lipinski definition) is 3. The summed E-state index contributed by atoms with van der Waals surface area (Å²) in [5.74, 6) is -1.56. The van der Waals surface area contributed by atoms with E-state index in [1.807, 2.05) is 4.90 Å². The monoisotopic (exact) mass is 334 g/mol. The van der Waals surface area contributed by atoms with E-state index in [-0.39, 0.29) is 35.7 Å². The minimum absolute atomic E-state index is 0.0316. The predicted octanol–water partition coefficient (Wildman–Crippen LogP) is 3.04. The highest BCUT2D eigenvalue weighted by atomic mass is 19.1. The van der Waals surface area contributed by atoms with Crippen LogP contribution in [0.5, 0.6) is 5.75 Å². The molecule has 0 spiro atoms. The smallest absolute Gasteiger partial charge is 0.229 e. The first-order chi connectivity index (χ1) is 11.5. The summed E-state index contributed by atoms with van der Waals surface area (Å²) in [6.07, 6.45) is 6.91. The van der Waals surface area contributed by atoms with Crippen LogP contribution in [0.4, 0.5) is 10.1 Å². The van der Waals surface area contributed by atoms with Gasteiger partial charge in [-0.15, -0.1) is 0 Å². The Hall–Kier alpha value is -2.11. The maximum absolute atomic E-state index is 13.3. The number of phenols is 1. The summed E-state index contributed by atoms with van der Waals surface area (Å²) < 4.78 is 13.3. The Morgan fingerprint density at radius 1 is 1.17 bits per heavy atom. The van der Waals surface area contributed by atoms with Gasteiger partial charge in [0.1, 0.15) is 11.6 Å². The second-order valence-electron chi connectivity index (χ2n) is 6.78. The maximum Gasteiger partial charge on any atom is 0.229 e. The van der Waals surface area contributed by atoms with Gasteiger partial charge in [-0.1, -0.05) is 25.7 Å². The highest BCUT2D eigenvalue weighted by Crippen LogP contribution is 2.29. The van der Waals surface area contributed by atoms with E-state index >= 15 is 0 Å². The first kappa shape index (κ1) is 16.7. The maximum atomic E-state index is 13.3. The third-order valence-corrected chi connectivity index (χ3v) is 4.94. The van der Waals surface area contributed by atoms with Crippen molar-refractivity contribution < 1.29 is 19.1 Å². The number of aromatic hydroxyl groups is 1. The van der Waals surface area contributed by atoms with Crippen molar-refractivity contribution in [1.82, 2.24) is 4.90 Å². The molecule has 0 radical (unpaired) electrons. The molecule has 6 heteroatoms. The van der Waals surface area contributed by atoms with Gasteiger partial charge in [0.2, 0.25) is 11.8 Å². The molecule has 1 saturated carbocycles. The minimum atomic E-state index is -0.618. The standard InChI is InChI=1S/C18H23FN2O3/c19-13-8-14(10-16(22)9-13)20-18(24)12-7-17(23)21(11-12)15-5-3-1-2-4-6-15/h8-10,12,15,22H,1-7,11H2,(H,20,24). The number of carbonyl (C=O) groups excluding carboxylic acids is 2. The van der Waals surface area contributed by atoms with Crippen LogP contribution >= 0.6 is 0 Å². The number of anilines is 1. The molecular formula is C18H23FN2O3. The molecule has 1 saturated heterocycles. The summed E-state index contributed by atoms with van der Waals surface area (Å²) in [5.41, 5.74) is 0.206. The molecule has 1 aromatic rings. The summed E-state index contributed by atoms with van der Waals surface area (Å²) in [5, 5.41) is 12.0. The van der Waals surface area contributed by atoms with Gasteiger partial charge < -0.3 is 15.3 Å². The topological polar surface area (TPSA) is 69.6 Å². The van der Waals surface area contributed by atoms with Gasteiger partial charge in [-0.2, -0.15) is 0 Å². The molecule has 2 fully saturated rings. The van der Waals surface area contributed by atoms with Crippen molar-refractivity contribution >= 4 is 17.5 Å². The van der Waals surface area contributed by atoms with Crippen LogP contribution in [0.15, 0.2) is 18.2 Å². The van der Waals surface area contributed by atoms with Gasteiger partial charge in [-0.05, 0) is 18.9 Å². The summed E-state index contributed by atoms with van der Waals surface area (Å²) in [6, 6.07) is 3.66. The Bertz CT molecular complexity index is 606. The fourth-order valence-electron chi connectivity index (χ4n) is 3.72. The molecule has 2 amide bonds. The van der Waals surface area contributed by atoms with E-state index in [2.05, 4.69) is 5.32 Å². The third-order valence-electron chi connectivity index (χ3n) is 4.94. The van der Waals surface area contributed by atoms with E-state index in [0.717, 1.165) is 37.8 Å². The Kier molecular flexibility index (Phi) is 5.02. The van der Waals surface area contributed by atoms with E-state index < -0.39 is 11.7 Å². The van der Waals surface area contributed by atoms with Crippen LogP contribution in [-0.4, -0.2) is 34.4 Å². The van der Waals surface area contributed by atoms with E-state index in [4.69, 9.17) is 0 Å². The first-order valence-corrected chi connectivity index (χ1v) is 8.63. The zero-order valence-electron chi connectivity index (χ0n) is 13.6. The summed E-state index contributed by atoms with van der Waals surface area (Å²) in [4.78, 5) is 26.6. The van der Waals surface area contributed by atoms with Crippen molar-refractivity contribution in [3.63, 3.8) is 0 Å². The number of likely N-dealkylation sites (tertiary alicyclic amines) is 1. The van der Waals surface area contributed by atoms with Crippen molar-refractivity contribution in [2.24, 2.45) is 5.92 Å². The van der Waals surface area contributed by atoms with Gasteiger partial charge in [0, 0.05) is 36.8 Å². The molecule has 1 heterocycles. The van der Waals surface area contributed by atoms with Gasteiger partial charge in [0.05, 0.1) is 5.92 Å². The summed E-state index contributed by atoms with van der Waals surface area (Å²) >= 11 is 0. The first-order valence-electron chi connectivity index (χ1n) is 8.63. The van der Waals surface area contributed by atoms with E-state index in [0.29, 0.717) is 6.54 Å². The molecule has 1 atom stereocenters. The molecule has 24 heavy (non-hydrogen) atoms. The fraction of sp³-hybridized carbons (Fsp3) is 0.556. The number of hydrogen-bond donors (Lipinski definition) is 2. The van der Waals surface area contributed by atoms with Crippen LogP contribution in [0.2, 0.25) is 0 Å². The van der Waals surface area contributed by atoms with Gasteiger partial charge >= 0.3 is 0 Å². The third kappa shape index (κ3) is 3.86. The molecule has 1 aliphatic carbocycles. The molecule has 0 aromatic heterocycles. The minimum Gasteiger partial charge on any atom is -0.508 e. The quantitative estimate of drug-likeness (QED) is 0.835. The fourth-order valence-corrected chi connectivity index (χ4v) is 3.72. The van der Waals surface area contributed by atoms with Gasteiger partial charge in [-0.3, -0.25) is 9.59 Å². The Labute approximate surface area is 140 Å². The average Bonchev–Trinajstić information content (AvgIpc) is 2.72. The number of nitrogens with one attached hydrogen (secondary N) is 1. The average molecular weight is 334 g/mol. The van der Waals surface area contributed by atoms with Crippen molar-refractivity contribution in [2.75, 3.05) is 11.9 Å². The van der Waals surface area contributed by atoms with Crippen molar-refractivity contribution in [2.45, 2.75) is 51.0 Å². The lowest BCUT2D eigenvalue weighted by molar-refractivity contribution is -0.130. The van der Waals surface area contributed by atoms with E-state index in [9.17, 15) is 19.1 Å². The number of phenolic OH excluding ortho intramolecular Hbond substituents is 1. The van der Waals surface area contributed by atoms with Gasteiger partial charge in [-0.25, -0.2) is 4.39 Å². The van der Waals surface area contributed by atoms with Crippen LogP contribution in [0.25, 0.3) is 0 Å². The van der Waals surface area contributed by atoms with Crippen molar-refractivity contribution in [1.29, 1.82) is 0 Å². The van der Waals surface area contributed by atoms with Gasteiger partial charge in [0.15, 0.2) is 0 Å². The Morgan fingerprint density at radius 3 is 2.54 bits per heavy atom. The molecule has 0 bridgehead atoms. The highest BCUT2D eigenvalue weighted by molar-refractivity contribution is 5.97. The SMILES string of the molecule is O=C(Nc1cc(O)cc(F)c1)C1CC(=O)N(C2CCCCCC2)C1. The molecule has 2 aliphatic rings. The predicted molar refractivity (Wildman–Crippen MR) is 88.0 cm³/mol. The zero-order chi connectivity index (χ0) is 17.1. The van der Waals surface area contributed by atoms with Crippen molar-refractivity contribution in [3.05, 3.63) is 24.0 Å². The summed E-state index contributed by atoms with van der Waals surface area (Å²) in [7, 11) is 0. The Balaban J connectivity index is 1.63. The van der Waals surface area contributed by atoms with Crippen LogP contribution in [0.1, 0.15) is 44.9 Å². The molecule has 5 nitrogen and oxygen atoms in total. The Morgan fingerprint density at radius 2 is 1.88 bits per heavy atom. The molecule has 2 N–H and O–H groups in total. The van der Waals surface area contributed by atoms with Gasteiger partial charge in [0.25, 0.3) is 0 Å². The van der Waals surface area contributed by atoms with Crippen molar-refractivity contribution in [3.8, 4) is 5.75 Å². The van der Waals surface area contributed by atoms with E-state index in [1.54, 1.807) is 0 Å².